The number of hydrogen-bond acceptors (Lipinski definition) is 7. The fraction of sp³-hybridized carbons (Fsp3) is 0.463. The van der Waals surface area contributed by atoms with E-state index in [4.69, 9.17) is 14.7 Å². The van der Waals surface area contributed by atoms with Crippen molar-refractivity contribution in [2.75, 3.05) is 13.1 Å². The Kier molecular flexibility index (Phi) is 14.6. The molecule has 2 fully saturated rings. The summed E-state index contributed by atoms with van der Waals surface area (Å²) in [6.07, 6.45) is 11.0. The number of hydroxylamine groups is 1. The van der Waals surface area contributed by atoms with Crippen LogP contribution in [0.15, 0.2) is 85.5 Å². The number of rotatable bonds is 18. The molecule has 9 heteroatoms. The molecule has 9 nitrogen and oxygen atoms in total. The summed E-state index contributed by atoms with van der Waals surface area (Å²) in [6, 6.07) is 25.2. The highest BCUT2D eigenvalue weighted by Gasteiger charge is 2.34. The van der Waals surface area contributed by atoms with Crippen molar-refractivity contribution in [1.29, 1.82) is 0 Å². The minimum Gasteiger partial charge on any atom is -0.392 e. The first-order valence-electron chi connectivity index (χ1n) is 18.2. The second kappa shape index (κ2) is 19.5. The van der Waals surface area contributed by atoms with Crippen molar-refractivity contribution in [3.8, 4) is 11.1 Å². The second-order valence-corrected chi connectivity index (χ2v) is 13.6. The van der Waals surface area contributed by atoms with Gasteiger partial charge < -0.3 is 19.9 Å². The summed E-state index contributed by atoms with van der Waals surface area (Å²) in [7, 11) is 0. The van der Waals surface area contributed by atoms with Crippen molar-refractivity contribution < 1.29 is 29.4 Å². The zero-order chi connectivity index (χ0) is 35.1. The summed E-state index contributed by atoms with van der Waals surface area (Å²) in [5.41, 5.74) is 7.73. The fourth-order valence-corrected chi connectivity index (χ4v) is 7.07. The molecule has 268 valence electrons. The first-order chi connectivity index (χ1) is 24.4. The molecule has 0 radical (unpaired) electrons. The molecule has 1 aliphatic heterocycles. The lowest BCUT2D eigenvalue weighted by atomic mass is 9.98. The fourth-order valence-electron chi connectivity index (χ4n) is 7.07. The van der Waals surface area contributed by atoms with Crippen LogP contribution in [-0.2, 0) is 32.2 Å². The minimum absolute atomic E-state index is 0.0107. The Morgan fingerprint density at radius 3 is 2.22 bits per heavy atom. The Morgan fingerprint density at radius 2 is 1.54 bits per heavy atom. The molecule has 3 aromatic carbocycles. The molecule has 1 saturated carbocycles. The smallest absolute Gasteiger partial charge is 0.243 e. The molecule has 4 N–H and O–H groups in total. The summed E-state index contributed by atoms with van der Waals surface area (Å²) in [5.74, 6) is -0.365. The molecule has 1 saturated heterocycles. The van der Waals surface area contributed by atoms with Crippen LogP contribution in [0.3, 0.4) is 0 Å². The van der Waals surface area contributed by atoms with Gasteiger partial charge in [0.2, 0.25) is 11.8 Å². The van der Waals surface area contributed by atoms with E-state index in [-0.39, 0.29) is 30.6 Å². The Balaban J connectivity index is 1.20. The molecule has 3 atom stereocenters. The van der Waals surface area contributed by atoms with Crippen LogP contribution in [0.5, 0.6) is 0 Å². The third kappa shape index (κ3) is 11.1. The average molecular weight is 684 g/mol. The Morgan fingerprint density at radius 1 is 0.840 bits per heavy atom. The quantitative estimate of drug-likeness (QED) is 0.0481. The van der Waals surface area contributed by atoms with Gasteiger partial charge in [-0.05, 0) is 59.6 Å². The highest BCUT2D eigenvalue weighted by molar-refractivity contribution is 5.76. The second-order valence-electron chi connectivity index (χ2n) is 13.6. The minimum atomic E-state index is -0.513. The molecule has 0 spiro atoms. The van der Waals surface area contributed by atoms with Crippen LogP contribution in [0.2, 0.25) is 0 Å². The third-order valence-corrected chi connectivity index (χ3v) is 9.87. The maximum Gasteiger partial charge on any atom is 0.243 e. The van der Waals surface area contributed by atoms with E-state index in [0.29, 0.717) is 31.8 Å². The van der Waals surface area contributed by atoms with Gasteiger partial charge in [-0.2, -0.15) is 0 Å². The number of unbranched alkanes of at least 4 members (excludes halogenated alkanes) is 3. The highest BCUT2D eigenvalue weighted by atomic mass is 16.7. The van der Waals surface area contributed by atoms with Gasteiger partial charge in [0, 0.05) is 50.5 Å². The number of ether oxygens (including phenoxy) is 2. The Hall–Kier alpha value is -3.86. The molecule has 1 aliphatic carbocycles. The molecule has 3 unspecified atom stereocenters. The van der Waals surface area contributed by atoms with Crippen LogP contribution in [0.1, 0.15) is 105 Å². The number of amides is 2. The van der Waals surface area contributed by atoms with E-state index in [0.717, 1.165) is 72.2 Å². The Labute approximate surface area is 296 Å². The van der Waals surface area contributed by atoms with Crippen molar-refractivity contribution in [1.82, 2.24) is 15.7 Å². The molecule has 50 heavy (non-hydrogen) atoms. The van der Waals surface area contributed by atoms with Crippen LogP contribution in [0.25, 0.3) is 11.1 Å². The van der Waals surface area contributed by atoms with Crippen LogP contribution >= 0.6 is 0 Å². The molecule has 0 aromatic heterocycles. The van der Waals surface area contributed by atoms with Crippen molar-refractivity contribution in [2.24, 2.45) is 0 Å². The molecule has 0 bridgehead atoms. The molecule has 5 rings (SSSR count). The van der Waals surface area contributed by atoms with E-state index in [2.05, 4.69) is 65.3 Å². The van der Waals surface area contributed by atoms with Gasteiger partial charge in [0.1, 0.15) is 0 Å². The van der Waals surface area contributed by atoms with E-state index in [1.165, 1.54) is 25.7 Å². The van der Waals surface area contributed by atoms with E-state index in [9.17, 15) is 14.7 Å². The molecule has 2 aliphatic rings. The summed E-state index contributed by atoms with van der Waals surface area (Å²) >= 11 is 0. The van der Waals surface area contributed by atoms with Gasteiger partial charge >= 0.3 is 0 Å². The highest BCUT2D eigenvalue weighted by Crippen LogP contribution is 2.39. The third-order valence-electron chi connectivity index (χ3n) is 9.87. The van der Waals surface area contributed by atoms with Crippen molar-refractivity contribution in [3.05, 3.63) is 108 Å². The van der Waals surface area contributed by atoms with Crippen LogP contribution in [0.4, 0.5) is 0 Å². The molecular weight excluding hydrogens is 630 g/mol. The largest absolute Gasteiger partial charge is 0.392 e. The molecule has 2 amide bonds. The number of carbonyl (C=O) groups excluding carboxylic acids is 2. The van der Waals surface area contributed by atoms with Crippen LogP contribution < -0.4 is 10.8 Å². The predicted octanol–water partition coefficient (Wildman–Crippen LogP) is 7.28. The lowest BCUT2D eigenvalue weighted by Gasteiger charge is -2.39. The number of benzene rings is 3. The molecular formula is C41H53N3O6. The standard InChI is InChI=1S/C41H53N3O6/c1-2-24-44(36-12-7-8-13-36)28-37-26-38(33-18-16-30(29-45)17-19-33)50-41(49-37)34-22-20-32(21-23-34)35-11-9-10-31(25-35)27-42-39(46)14-5-3-4-6-15-40(47)43-48/h2,9-11,16-23,25,36-38,41,45,48H,1,3-8,12-15,24,26-29H2,(H,42,46)(H,43,47). The first-order valence-corrected chi connectivity index (χ1v) is 18.2. The monoisotopic (exact) mass is 683 g/mol. The van der Waals surface area contributed by atoms with Crippen molar-refractivity contribution in [3.63, 3.8) is 0 Å². The summed E-state index contributed by atoms with van der Waals surface area (Å²) in [5, 5.41) is 21.1. The first kappa shape index (κ1) is 37.4. The van der Waals surface area contributed by atoms with Gasteiger partial charge in [-0.25, -0.2) is 5.48 Å². The molecule has 3 aromatic rings. The van der Waals surface area contributed by atoms with E-state index >= 15 is 0 Å². The number of nitrogens with zero attached hydrogens (tertiary/aromatic N) is 1. The number of carbonyl (C=O) groups is 2. The lowest BCUT2D eigenvalue weighted by molar-refractivity contribution is -0.253. The van der Waals surface area contributed by atoms with Gasteiger partial charge in [-0.3, -0.25) is 19.7 Å². The SMILES string of the molecule is C=CCN(CC1CC(c2ccc(CO)cc2)OC(c2ccc(-c3cccc(CNC(=O)CCCCCCC(=O)NO)c3)cc2)O1)C1CCCC1. The molecule has 1 heterocycles. The van der Waals surface area contributed by atoms with E-state index in [1.807, 2.05) is 30.3 Å². The maximum absolute atomic E-state index is 12.4. The number of nitrogens with one attached hydrogen (secondary N) is 2. The number of aliphatic hydroxyl groups is 1. The zero-order valence-corrected chi connectivity index (χ0v) is 29.1. The summed E-state index contributed by atoms with van der Waals surface area (Å²) in [6.45, 7) is 6.17. The van der Waals surface area contributed by atoms with E-state index in [1.54, 1.807) is 5.48 Å². The van der Waals surface area contributed by atoms with E-state index < -0.39 is 6.29 Å². The van der Waals surface area contributed by atoms with Crippen molar-refractivity contribution in [2.45, 2.75) is 108 Å². The van der Waals surface area contributed by atoms with Gasteiger partial charge in [0.15, 0.2) is 6.29 Å². The van der Waals surface area contributed by atoms with Crippen molar-refractivity contribution >= 4 is 11.8 Å². The summed E-state index contributed by atoms with van der Waals surface area (Å²) < 4.78 is 13.3. The van der Waals surface area contributed by atoms with Gasteiger partial charge in [-0.15, -0.1) is 6.58 Å². The van der Waals surface area contributed by atoms with Crippen LogP contribution in [-0.4, -0.2) is 52.3 Å². The summed E-state index contributed by atoms with van der Waals surface area (Å²) in [4.78, 5) is 26.0. The zero-order valence-electron chi connectivity index (χ0n) is 29.1. The maximum atomic E-state index is 12.4. The average Bonchev–Trinajstić information content (AvgIpc) is 3.70. The lowest BCUT2D eigenvalue weighted by Crippen LogP contribution is -2.43. The van der Waals surface area contributed by atoms with Gasteiger partial charge in [0.25, 0.3) is 0 Å². The number of aliphatic hydroxyl groups excluding tert-OH is 1. The topological polar surface area (TPSA) is 120 Å². The van der Waals surface area contributed by atoms with Crippen LogP contribution in [0, 0.1) is 0 Å². The van der Waals surface area contributed by atoms with Gasteiger partial charge in [0.05, 0.1) is 18.8 Å². The number of hydrogen-bond donors (Lipinski definition) is 4. The normalized spacial score (nSPS) is 19.4. The Bertz CT molecular complexity index is 1510. The van der Waals surface area contributed by atoms with Gasteiger partial charge in [-0.1, -0.05) is 98.5 Å². The predicted molar refractivity (Wildman–Crippen MR) is 194 cm³/mol.